The molecule has 2 N–H and O–H groups in total. The molecule has 0 heterocycles. The normalized spacial score (nSPS) is 12.9. The topological polar surface area (TPSA) is 66.4 Å². The van der Waals surface area contributed by atoms with Gasteiger partial charge in [0.05, 0.1) is 5.75 Å². The number of thioether (sulfide) groups is 1. The van der Waals surface area contributed by atoms with Gasteiger partial charge >= 0.3 is 5.97 Å². The molecular formula is C10H19NO3S. The second-order valence-corrected chi connectivity index (χ2v) is 5.17. The van der Waals surface area contributed by atoms with Gasteiger partial charge in [-0.25, -0.2) is 0 Å². The van der Waals surface area contributed by atoms with Crippen molar-refractivity contribution in [3.05, 3.63) is 0 Å². The summed E-state index contributed by atoms with van der Waals surface area (Å²) in [5.74, 6) is -0.735. The fraction of sp³-hybridized carbons (Fsp3) is 0.800. The van der Waals surface area contributed by atoms with Crippen molar-refractivity contribution in [3.63, 3.8) is 0 Å². The molecule has 0 aromatic heterocycles. The molecule has 0 aliphatic rings. The van der Waals surface area contributed by atoms with Gasteiger partial charge in [-0.05, 0) is 19.8 Å². The molecule has 0 rings (SSSR count). The van der Waals surface area contributed by atoms with Crippen LogP contribution in [0.4, 0.5) is 0 Å². The number of aliphatic carboxylic acids is 1. The van der Waals surface area contributed by atoms with E-state index in [0.717, 1.165) is 0 Å². The Bertz CT molecular complexity index is 229. The first kappa shape index (κ1) is 14.3. The average molecular weight is 233 g/mol. The Kier molecular flexibility index (Phi) is 6.40. The summed E-state index contributed by atoms with van der Waals surface area (Å²) >= 11 is 1.18. The van der Waals surface area contributed by atoms with Gasteiger partial charge in [-0.15, -0.1) is 11.8 Å². The van der Waals surface area contributed by atoms with E-state index in [1.165, 1.54) is 11.8 Å². The van der Waals surface area contributed by atoms with Crippen molar-refractivity contribution in [3.8, 4) is 0 Å². The van der Waals surface area contributed by atoms with Gasteiger partial charge in [0, 0.05) is 6.04 Å². The molecule has 0 aromatic rings. The Morgan fingerprint density at radius 2 is 1.80 bits per heavy atom. The van der Waals surface area contributed by atoms with Gasteiger partial charge < -0.3 is 10.4 Å². The van der Waals surface area contributed by atoms with Crippen LogP contribution < -0.4 is 5.32 Å². The highest BCUT2D eigenvalue weighted by molar-refractivity contribution is 8.01. The zero-order valence-electron chi connectivity index (χ0n) is 9.61. The maximum Gasteiger partial charge on any atom is 0.316 e. The van der Waals surface area contributed by atoms with Gasteiger partial charge in [-0.1, -0.05) is 13.8 Å². The van der Waals surface area contributed by atoms with E-state index in [1.807, 2.05) is 27.7 Å². The van der Waals surface area contributed by atoms with Crippen LogP contribution in [0.2, 0.25) is 0 Å². The molecule has 0 saturated heterocycles. The van der Waals surface area contributed by atoms with Crippen LogP contribution in [0.3, 0.4) is 0 Å². The molecule has 0 bridgehead atoms. The summed E-state index contributed by atoms with van der Waals surface area (Å²) in [7, 11) is 0. The van der Waals surface area contributed by atoms with Crippen LogP contribution in [0, 0.1) is 5.92 Å². The number of carbonyl (C=O) groups excluding carboxylic acids is 1. The van der Waals surface area contributed by atoms with Crippen LogP contribution in [-0.4, -0.2) is 34.0 Å². The minimum absolute atomic E-state index is 0.0272. The molecule has 0 aliphatic heterocycles. The van der Waals surface area contributed by atoms with Crippen molar-refractivity contribution < 1.29 is 14.7 Å². The van der Waals surface area contributed by atoms with Crippen molar-refractivity contribution in [2.75, 3.05) is 5.75 Å². The van der Waals surface area contributed by atoms with E-state index < -0.39 is 11.2 Å². The summed E-state index contributed by atoms with van der Waals surface area (Å²) in [6.07, 6.45) is 0. The quantitative estimate of drug-likeness (QED) is 0.727. The van der Waals surface area contributed by atoms with Crippen molar-refractivity contribution in [2.45, 2.75) is 39.0 Å². The summed E-state index contributed by atoms with van der Waals surface area (Å²) in [5.41, 5.74) is 0. The SMILES string of the molecule is CC(C)NC(=O)CSC(C(=O)O)C(C)C. The highest BCUT2D eigenvalue weighted by atomic mass is 32.2. The molecule has 5 heteroatoms. The van der Waals surface area contributed by atoms with E-state index in [-0.39, 0.29) is 23.6 Å². The molecule has 0 aliphatic carbocycles. The fourth-order valence-corrected chi connectivity index (χ4v) is 2.02. The maximum atomic E-state index is 11.3. The number of amides is 1. The molecule has 1 atom stereocenters. The van der Waals surface area contributed by atoms with E-state index in [9.17, 15) is 9.59 Å². The number of carbonyl (C=O) groups is 2. The summed E-state index contributed by atoms with van der Waals surface area (Å²) in [6, 6.07) is 0.0976. The zero-order chi connectivity index (χ0) is 12.0. The Morgan fingerprint density at radius 3 is 2.13 bits per heavy atom. The summed E-state index contributed by atoms with van der Waals surface area (Å²) < 4.78 is 0. The van der Waals surface area contributed by atoms with Crippen molar-refractivity contribution in [1.82, 2.24) is 5.32 Å². The Hall–Kier alpha value is -0.710. The molecule has 0 saturated carbocycles. The second-order valence-electron chi connectivity index (χ2n) is 4.04. The third-order valence-corrected chi connectivity index (χ3v) is 3.23. The monoisotopic (exact) mass is 233 g/mol. The minimum Gasteiger partial charge on any atom is -0.480 e. The summed E-state index contributed by atoms with van der Waals surface area (Å²) in [5, 5.41) is 11.1. The van der Waals surface area contributed by atoms with Crippen LogP contribution in [-0.2, 0) is 9.59 Å². The molecule has 88 valence electrons. The number of hydrogen-bond acceptors (Lipinski definition) is 3. The van der Waals surface area contributed by atoms with Crippen LogP contribution in [0.25, 0.3) is 0 Å². The molecule has 0 aromatic carbocycles. The number of rotatable bonds is 6. The highest BCUT2D eigenvalue weighted by Crippen LogP contribution is 2.19. The first-order valence-corrected chi connectivity index (χ1v) is 6.03. The first-order chi connectivity index (χ1) is 6.84. The third kappa shape index (κ3) is 6.38. The number of carboxylic acid groups (broad SMARTS) is 1. The lowest BCUT2D eigenvalue weighted by molar-refractivity contribution is -0.137. The van der Waals surface area contributed by atoms with Crippen LogP contribution in [0.5, 0.6) is 0 Å². The lowest BCUT2D eigenvalue weighted by Crippen LogP contribution is -2.33. The standard InChI is InChI=1S/C10H19NO3S/c1-6(2)9(10(13)14)15-5-8(12)11-7(3)4/h6-7,9H,5H2,1-4H3,(H,11,12)(H,13,14). The number of hydrogen-bond donors (Lipinski definition) is 2. The van der Waals surface area contributed by atoms with Crippen LogP contribution in [0.1, 0.15) is 27.7 Å². The molecule has 1 unspecified atom stereocenters. The predicted octanol–water partition coefficient (Wildman–Crippen LogP) is 1.35. The maximum absolute atomic E-state index is 11.3. The van der Waals surface area contributed by atoms with Gasteiger partial charge in [-0.2, -0.15) is 0 Å². The largest absolute Gasteiger partial charge is 0.480 e. The van der Waals surface area contributed by atoms with E-state index in [2.05, 4.69) is 5.32 Å². The number of carboxylic acids is 1. The second kappa shape index (κ2) is 6.71. The molecule has 15 heavy (non-hydrogen) atoms. The summed E-state index contributed by atoms with van der Waals surface area (Å²) in [4.78, 5) is 22.1. The minimum atomic E-state index is -0.854. The van der Waals surface area contributed by atoms with Crippen molar-refractivity contribution in [2.24, 2.45) is 5.92 Å². The predicted molar refractivity (Wildman–Crippen MR) is 62.0 cm³/mol. The fourth-order valence-electron chi connectivity index (χ4n) is 1.08. The molecule has 0 fully saturated rings. The smallest absolute Gasteiger partial charge is 0.316 e. The average Bonchev–Trinajstić information content (AvgIpc) is 2.00. The lowest BCUT2D eigenvalue weighted by atomic mass is 10.1. The van der Waals surface area contributed by atoms with Crippen LogP contribution in [0.15, 0.2) is 0 Å². The zero-order valence-corrected chi connectivity index (χ0v) is 10.4. The van der Waals surface area contributed by atoms with Crippen molar-refractivity contribution >= 4 is 23.6 Å². The molecule has 1 amide bonds. The van der Waals surface area contributed by atoms with Gasteiger partial charge in [0.2, 0.25) is 5.91 Å². The Labute approximate surface area is 94.8 Å². The van der Waals surface area contributed by atoms with Gasteiger partial charge in [0.15, 0.2) is 0 Å². The lowest BCUT2D eigenvalue weighted by Gasteiger charge is -2.15. The summed E-state index contributed by atoms with van der Waals surface area (Å²) in [6.45, 7) is 7.43. The van der Waals surface area contributed by atoms with Crippen LogP contribution >= 0.6 is 11.8 Å². The Balaban J connectivity index is 4.00. The van der Waals surface area contributed by atoms with E-state index >= 15 is 0 Å². The third-order valence-electron chi connectivity index (χ3n) is 1.69. The highest BCUT2D eigenvalue weighted by Gasteiger charge is 2.22. The van der Waals surface area contributed by atoms with Gasteiger partial charge in [0.1, 0.15) is 5.25 Å². The first-order valence-electron chi connectivity index (χ1n) is 4.98. The van der Waals surface area contributed by atoms with E-state index in [4.69, 9.17) is 5.11 Å². The number of nitrogens with one attached hydrogen (secondary N) is 1. The van der Waals surface area contributed by atoms with Gasteiger partial charge in [-0.3, -0.25) is 9.59 Å². The molecule has 4 nitrogen and oxygen atoms in total. The van der Waals surface area contributed by atoms with Gasteiger partial charge in [0.25, 0.3) is 0 Å². The van der Waals surface area contributed by atoms with E-state index in [1.54, 1.807) is 0 Å². The van der Waals surface area contributed by atoms with Crippen molar-refractivity contribution in [1.29, 1.82) is 0 Å². The molecule has 0 spiro atoms. The molecule has 0 radical (unpaired) electrons. The van der Waals surface area contributed by atoms with E-state index in [0.29, 0.717) is 0 Å². The Morgan fingerprint density at radius 1 is 1.27 bits per heavy atom. The molecular weight excluding hydrogens is 214 g/mol.